The summed E-state index contributed by atoms with van der Waals surface area (Å²) < 4.78 is 0. The lowest BCUT2D eigenvalue weighted by Gasteiger charge is -2.29. The van der Waals surface area contributed by atoms with Gasteiger partial charge < -0.3 is 0 Å². The number of nitro groups is 1. The Hall–Kier alpha value is -3.10. The molecule has 0 unspecified atom stereocenters. The van der Waals surface area contributed by atoms with E-state index in [2.05, 4.69) is 0 Å². The third-order valence-electron chi connectivity index (χ3n) is 5.84. The quantitative estimate of drug-likeness (QED) is 0.462. The Balaban J connectivity index is 1.59. The molecule has 0 N–H and O–H groups in total. The van der Waals surface area contributed by atoms with Crippen molar-refractivity contribution >= 4 is 23.2 Å². The number of hydrogen-bond donors (Lipinski definition) is 0. The largest absolute Gasteiger partial charge is 0.274 e. The first-order chi connectivity index (χ1) is 13.6. The fourth-order valence-corrected chi connectivity index (χ4v) is 4.77. The van der Waals surface area contributed by atoms with Crippen molar-refractivity contribution in [3.63, 3.8) is 0 Å². The van der Waals surface area contributed by atoms with Crippen LogP contribution in [0.1, 0.15) is 18.0 Å². The van der Waals surface area contributed by atoms with Gasteiger partial charge in [0.1, 0.15) is 6.04 Å². The van der Waals surface area contributed by atoms with Crippen molar-refractivity contribution in [3.05, 3.63) is 70.3 Å². The number of non-ortho nitro benzene ring substituents is 1. The van der Waals surface area contributed by atoms with Crippen molar-refractivity contribution in [1.82, 2.24) is 10.0 Å². The molecule has 0 aromatic heterocycles. The maximum Gasteiger partial charge on any atom is 0.269 e. The number of anilines is 1. The normalized spacial score (nSPS) is 27.3. The molecule has 8 nitrogen and oxygen atoms in total. The van der Waals surface area contributed by atoms with E-state index in [1.165, 1.54) is 17.0 Å². The molecule has 0 spiro atoms. The molecule has 3 saturated heterocycles. The number of para-hydroxylation sites is 1. The zero-order valence-corrected chi connectivity index (χ0v) is 15.0. The van der Waals surface area contributed by atoms with E-state index in [1.54, 1.807) is 36.4 Å². The number of hydrazine groups is 1. The molecule has 142 valence electrons. The molecule has 5 rings (SSSR count). The molecule has 3 aliphatic rings. The second kappa shape index (κ2) is 6.22. The van der Waals surface area contributed by atoms with Crippen molar-refractivity contribution in [1.29, 1.82) is 0 Å². The molecule has 3 heterocycles. The van der Waals surface area contributed by atoms with Crippen molar-refractivity contribution in [2.24, 2.45) is 5.92 Å². The Morgan fingerprint density at radius 2 is 1.61 bits per heavy atom. The van der Waals surface area contributed by atoms with Crippen LogP contribution in [0.25, 0.3) is 0 Å². The summed E-state index contributed by atoms with van der Waals surface area (Å²) in [7, 11) is 0. The van der Waals surface area contributed by atoms with E-state index in [1.807, 2.05) is 16.1 Å². The molecule has 3 aliphatic heterocycles. The molecule has 2 amide bonds. The number of carbonyl (C=O) groups excluding carboxylic acids is 2. The zero-order valence-electron chi connectivity index (χ0n) is 15.0. The van der Waals surface area contributed by atoms with Crippen molar-refractivity contribution in [2.45, 2.75) is 18.5 Å². The van der Waals surface area contributed by atoms with Gasteiger partial charge in [0.05, 0.1) is 22.6 Å². The van der Waals surface area contributed by atoms with Gasteiger partial charge in [-0.3, -0.25) is 19.7 Å². The van der Waals surface area contributed by atoms with Gasteiger partial charge in [-0.15, -0.1) is 0 Å². The van der Waals surface area contributed by atoms with Crippen LogP contribution >= 0.6 is 0 Å². The molecule has 3 atom stereocenters. The first kappa shape index (κ1) is 17.0. The molecule has 2 aromatic rings. The summed E-state index contributed by atoms with van der Waals surface area (Å²) in [6.07, 6.45) is 0.890. The number of nitrogens with zero attached hydrogens (tertiary/aromatic N) is 4. The lowest BCUT2D eigenvalue weighted by molar-refractivity contribution is -0.385. The number of hydrogen-bond acceptors (Lipinski definition) is 6. The number of carbonyl (C=O) groups is 2. The third-order valence-corrected chi connectivity index (χ3v) is 5.84. The van der Waals surface area contributed by atoms with Gasteiger partial charge in [-0.1, -0.05) is 30.3 Å². The molecule has 0 bridgehead atoms. The van der Waals surface area contributed by atoms with Crippen LogP contribution in [-0.4, -0.2) is 45.9 Å². The van der Waals surface area contributed by atoms with E-state index >= 15 is 0 Å². The molecule has 2 aromatic carbocycles. The molecule has 0 saturated carbocycles. The monoisotopic (exact) mass is 378 g/mol. The molecule has 28 heavy (non-hydrogen) atoms. The number of amides is 2. The van der Waals surface area contributed by atoms with Crippen molar-refractivity contribution in [3.8, 4) is 0 Å². The minimum Gasteiger partial charge on any atom is -0.274 e. The number of rotatable bonds is 3. The molecule has 8 heteroatoms. The lowest BCUT2D eigenvalue weighted by Crippen LogP contribution is -2.44. The second-order valence-electron chi connectivity index (χ2n) is 7.29. The van der Waals surface area contributed by atoms with E-state index in [0.717, 1.165) is 13.0 Å². The van der Waals surface area contributed by atoms with Crippen molar-refractivity contribution < 1.29 is 14.5 Å². The number of benzene rings is 2. The van der Waals surface area contributed by atoms with Crippen LogP contribution in [0.5, 0.6) is 0 Å². The van der Waals surface area contributed by atoms with E-state index < -0.39 is 16.9 Å². The predicted octanol–water partition coefficient (Wildman–Crippen LogP) is 2.13. The standard InChI is InChI=1S/C20H18N4O4/c25-19-16-17(13-6-4-9-15(12-13)24(27)28)21-10-5-11-22(21)18(16)20(26)23(19)14-7-2-1-3-8-14/h1-4,6-9,12,16-18H,5,10-11H2/t16-,17-,18+/m0/s1. The fourth-order valence-electron chi connectivity index (χ4n) is 4.77. The average molecular weight is 378 g/mol. The van der Waals surface area contributed by atoms with Crippen molar-refractivity contribution in [2.75, 3.05) is 18.0 Å². The Labute approximate surface area is 161 Å². The van der Waals surface area contributed by atoms with E-state index in [9.17, 15) is 19.7 Å². The summed E-state index contributed by atoms with van der Waals surface area (Å²) in [4.78, 5) is 38.6. The van der Waals surface area contributed by atoms with Crippen LogP contribution in [0.4, 0.5) is 11.4 Å². The van der Waals surface area contributed by atoms with Gasteiger partial charge in [0.15, 0.2) is 0 Å². The van der Waals surface area contributed by atoms with Crippen LogP contribution in [0.15, 0.2) is 54.6 Å². The van der Waals surface area contributed by atoms with Gasteiger partial charge in [0, 0.05) is 25.2 Å². The van der Waals surface area contributed by atoms with Crippen LogP contribution in [0.2, 0.25) is 0 Å². The Morgan fingerprint density at radius 3 is 2.32 bits per heavy atom. The highest BCUT2D eigenvalue weighted by atomic mass is 16.6. The summed E-state index contributed by atoms with van der Waals surface area (Å²) in [5.41, 5.74) is 1.25. The summed E-state index contributed by atoms with van der Waals surface area (Å²) in [5.74, 6) is -1.04. The summed E-state index contributed by atoms with van der Waals surface area (Å²) in [6, 6.07) is 14.4. The molecule has 3 fully saturated rings. The highest BCUT2D eigenvalue weighted by Gasteiger charge is 2.62. The van der Waals surface area contributed by atoms with Gasteiger partial charge in [-0.2, -0.15) is 0 Å². The minimum absolute atomic E-state index is 0.0108. The van der Waals surface area contributed by atoms with Gasteiger partial charge in [-0.05, 0) is 24.1 Å². The van der Waals surface area contributed by atoms with Crippen LogP contribution in [-0.2, 0) is 9.59 Å². The SMILES string of the molecule is O=C1[C@@H]2[C@H](C(=O)N1c1ccccc1)N1CCCN1[C@H]2c1cccc([N+](=O)[O-])c1. The van der Waals surface area contributed by atoms with Crippen LogP contribution in [0, 0.1) is 16.0 Å². The molecule has 0 aliphatic carbocycles. The summed E-state index contributed by atoms with van der Waals surface area (Å²) in [6.45, 7) is 1.43. The maximum atomic E-state index is 13.3. The van der Waals surface area contributed by atoms with Crippen LogP contribution < -0.4 is 4.90 Å². The fraction of sp³-hybridized carbons (Fsp3) is 0.300. The molecule has 0 radical (unpaired) electrons. The summed E-state index contributed by atoms with van der Waals surface area (Å²) in [5, 5.41) is 15.3. The Kier molecular flexibility index (Phi) is 3.78. The number of imide groups is 1. The average Bonchev–Trinajstić information content (AvgIpc) is 3.34. The Morgan fingerprint density at radius 1 is 0.893 bits per heavy atom. The van der Waals surface area contributed by atoms with Gasteiger partial charge in [0.2, 0.25) is 5.91 Å². The minimum atomic E-state index is -0.574. The zero-order chi connectivity index (χ0) is 19.4. The third kappa shape index (κ3) is 2.31. The summed E-state index contributed by atoms with van der Waals surface area (Å²) >= 11 is 0. The lowest BCUT2D eigenvalue weighted by atomic mass is 9.89. The Bertz CT molecular complexity index is 979. The predicted molar refractivity (Wildman–Crippen MR) is 100 cm³/mol. The van der Waals surface area contributed by atoms with E-state index in [-0.39, 0.29) is 23.5 Å². The first-order valence-electron chi connectivity index (χ1n) is 9.28. The first-order valence-corrected chi connectivity index (χ1v) is 9.28. The second-order valence-corrected chi connectivity index (χ2v) is 7.29. The van der Waals surface area contributed by atoms with Gasteiger partial charge in [0.25, 0.3) is 11.6 Å². The smallest absolute Gasteiger partial charge is 0.269 e. The van der Waals surface area contributed by atoms with Gasteiger partial charge >= 0.3 is 0 Å². The van der Waals surface area contributed by atoms with E-state index in [0.29, 0.717) is 17.8 Å². The highest BCUT2D eigenvalue weighted by molar-refractivity contribution is 6.24. The van der Waals surface area contributed by atoms with Gasteiger partial charge in [-0.25, -0.2) is 14.9 Å². The maximum absolute atomic E-state index is 13.3. The number of nitro benzene ring substituents is 1. The highest BCUT2D eigenvalue weighted by Crippen LogP contribution is 2.49. The molecular formula is C20H18N4O4. The topological polar surface area (TPSA) is 87.0 Å². The molecular weight excluding hydrogens is 360 g/mol. The van der Waals surface area contributed by atoms with E-state index in [4.69, 9.17) is 0 Å². The van der Waals surface area contributed by atoms with Crippen LogP contribution in [0.3, 0.4) is 0 Å². The number of fused-ring (bicyclic) bond motifs is 3.